The van der Waals surface area contributed by atoms with Gasteiger partial charge in [0.1, 0.15) is 11.6 Å². The van der Waals surface area contributed by atoms with Crippen molar-refractivity contribution in [1.82, 2.24) is 0 Å². The molecule has 166 valence electrons. The first-order valence-electron chi connectivity index (χ1n) is 7.44. The van der Waals surface area contributed by atoms with E-state index >= 15 is 0 Å². The van der Waals surface area contributed by atoms with E-state index in [-0.39, 0.29) is 63.8 Å². The fourth-order valence-corrected chi connectivity index (χ4v) is 4.50. The SMILES string of the molecule is Cc1cc2ccc(F)c(Cl)c2s1.Fc1ccc2ccsc2c1Cl.O.O=C=O.O=C=O.[Li+].[OH-]. The second-order valence-corrected chi connectivity index (χ2v) is 7.93. The fraction of sp³-hybridized carbons (Fsp3) is 0.0526. The Morgan fingerprint density at radius 1 is 0.812 bits per heavy atom. The maximum atomic E-state index is 12.9. The van der Waals surface area contributed by atoms with Gasteiger partial charge in [0.05, 0.1) is 19.4 Å². The summed E-state index contributed by atoms with van der Waals surface area (Å²) in [5, 5.41) is 4.39. The first-order chi connectivity index (χ1) is 13.8. The molecule has 0 unspecified atom stereocenters. The molecule has 0 spiro atoms. The Kier molecular flexibility index (Phi) is 19.1. The van der Waals surface area contributed by atoms with Crippen molar-refractivity contribution in [3.63, 3.8) is 0 Å². The molecular formula is C19H13Cl2F2LiO6S2. The van der Waals surface area contributed by atoms with Crippen LogP contribution < -0.4 is 18.9 Å². The Morgan fingerprint density at radius 3 is 1.75 bits per heavy atom. The van der Waals surface area contributed by atoms with Gasteiger partial charge in [-0.2, -0.15) is 19.2 Å². The van der Waals surface area contributed by atoms with E-state index < -0.39 is 0 Å². The molecule has 2 aromatic carbocycles. The van der Waals surface area contributed by atoms with E-state index in [2.05, 4.69) is 0 Å². The monoisotopic (exact) mass is 516 g/mol. The summed E-state index contributed by atoms with van der Waals surface area (Å²) < 4.78 is 27.4. The van der Waals surface area contributed by atoms with Gasteiger partial charge < -0.3 is 11.0 Å². The largest absolute Gasteiger partial charge is 1.00 e. The zero-order valence-electron chi connectivity index (χ0n) is 16.5. The van der Waals surface area contributed by atoms with Crippen molar-refractivity contribution < 1.29 is 57.8 Å². The summed E-state index contributed by atoms with van der Waals surface area (Å²) in [6.45, 7) is 1.99. The Labute approximate surface area is 210 Å². The Bertz CT molecular complexity index is 1180. The number of rotatable bonds is 0. The molecule has 0 fully saturated rings. The average Bonchev–Trinajstić information content (AvgIpc) is 3.30. The smallest absolute Gasteiger partial charge is 0.870 e. The van der Waals surface area contributed by atoms with Gasteiger partial charge >= 0.3 is 31.2 Å². The van der Waals surface area contributed by atoms with Crippen molar-refractivity contribution >= 4 is 78.4 Å². The predicted octanol–water partition coefficient (Wildman–Crippen LogP) is 2.53. The van der Waals surface area contributed by atoms with Gasteiger partial charge in [-0.3, -0.25) is 0 Å². The molecule has 0 aliphatic carbocycles. The van der Waals surface area contributed by atoms with E-state index in [4.69, 9.17) is 42.4 Å². The number of hydrogen-bond donors (Lipinski definition) is 0. The minimum atomic E-state index is -0.346. The summed E-state index contributed by atoms with van der Waals surface area (Å²) in [6, 6.07) is 10.2. The molecular weight excluding hydrogens is 504 g/mol. The van der Waals surface area contributed by atoms with Crippen molar-refractivity contribution in [2.45, 2.75) is 6.92 Å². The summed E-state index contributed by atoms with van der Waals surface area (Å²) in [5.74, 6) is -0.687. The second-order valence-electron chi connectivity index (χ2n) is 5.00. The van der Waals surface area contributed by atoms with E-state index in [1.807, 2.05) is 24.4 Å². The zero-order valence-corrected chi connectivity index (χ0v) is 19.6. The molecule has 0 aliphatic heterocycles. The first-order valence-corrected chi connectivity index (χ1v) is 9.89. The van der Waals surface area contributed by atoms with Gasteiger partial charge in [-0.05, 0) is 47.3 Å². The van der Waals surface area contributed by atoms with E-state index in [9.17, 15) is 8.78 Å². The maximum Gasteiger partial charge on any atom is 1.00 e. The van der Waals surface area contributed by atoms with Crippen LogP contribution in [0.3, 0.4) is 0 Å². The van der Waals surface area contributed by atoms with Gasteiger partial charge in [0.2, 0.25) is 0 Å². The van der Waals surface area contributed by atoms with Gasteiger partial charge in [-0.15, -0.1) is 22.7 Å². The molecule has 0 saturated carbocycles. The maximum absolute atomic E-state index is 12.9. The third-order valence-corrected chi connectivity index (χ3v) is 6.21. The fourth-order valence-electron chi connectivity index (χ4n) is 2.15. The van der Waals surface area contributed by atoms with Crippen LogP contribution in [0.4, 0.5) is 8.78 Å². The van der Waals surface area contributed by atoms with Crippen LogP contribution in [0.2, 0.25) is 10.0 Å². The number of carbonyl (C=O) groups excluding carboxylic acids is 4. The summed E-state index contributed by atoms with van der Waals surface area (Å²) in [5.41, 5.74) is 0. The minimum Gasteiger partial charge on any atom is -0.870 e. The minimum absolute atomic E-state index is 0. The molecule has 0 bridgehead atoms. The molecule has 0 aliphatic rings. The molecule has 0 atom stereocenters. The van der Waals surface area contributed by atoms with Crippen LogP contribution in [0.15, 0.2) is 41.8 Å². The molecule has 13 heteroatoms. The summed E-state index contributed by atoms with van der Waals surface area (Å²) in [4.78, 5) is 33.7. The van der Waals surface area contributed by atoms with Gasteiger partial charge in [0, 0.05) is 4.88 Å². The number of fused-ring (bicyclic) bond motifs is 2. The van der Waals surface area contributed by atoms with Gasteiger partial charge in [0.25, 0.3) is 0 Å². The van der Waals surface area contributed by atoms with Crippen LogP contribution in [0.5, 0.6) is 0 Å². The molecule has 2 heterocycles. The van der Waals surface area contributed by atoms with E-state index in [1.54, 1.807) is 12.1 Å². The van der Waals surface area contributed by atoms with Crippen LogP contribution in [-0.2, 0) is 19.2 Å². The van der Waals surface area contributed by atoms with Crippen LogP contribution in [-0.4, -0.2) is 23.3 Å². The van der Waals surface area contributed by atoms with Crippen molar-refractivity contribution in [2.75, 3.05) is 0 Å². The molecule has 2 aromatic heterocycles. The third-order valence-electron chi connectivity index (χ3n) is 3.22. The van der Waals surface area contributed by atoms with E-state index in [0.717, 1.165) is 25.0 Å². The molecule has 3 N–H and O–H groups in total. The molecule has 0 saturated heterocycles. The molecule has 4 rings (SSSR count). The van der Waals surface area contributed by atoms with Crippen molar-refractivity contribution in [3.8, 4) is 0 Å². The normalized spacial score (nSPS) is 8.28. The van der Waals surface area contributed by atoms with E-state index in [0.29, 0.717) is 0 Å². The summed E-state index contributed by atoms with van der Waals surface area (Å²) >= 11 is 14.5. The van der Waals surface area contributed by atoms with E-state index in [1.165, 1.54) is 34.8 Å². The van der Waals surface area contributed by atoms with Crippen LogP contribution in [0, 0.1) is 18.6 Å². The average molecular weight is 517 g/mol. The quantitative estimate of drug-likeness (QED) is 0.331. The number of thiophene rings is 2. The van der Waals surface area contributed by atoms with Gasteiger partial charge in [-0.1, -0.05) is 35.3 Å². The van der Waals surface area contributed by atoms with Crippen LogP contribution in [0.1, 0.15) is 4.88 Å². The topological polar surface area (TPSA) is 130 Å². The van der Waals surface area contributed by atoms with Crippen molar-refractivity contribution in [2.24, 2.45) is 0 Å². The summed E-state index contributed by atoms with van der Waals surface area (Å²) in [6.07, 6.45) is 0.500. The Balaban J connectivity index is -0.000000394. The standard InChI is InChI=1S/C9H6ClFS.C8H4ClFS.2CO2.Li.2H2O/c1-5-4-6-2-3-7(11)8(10)9(6)12-5;9-7-6(10)2-1-5-3-4-11-8(5)7;2*2-1-3;;;/h2-4H,1H3;1-4H;;;;2*1H2/q;;;;+1;;/p-1. The third kappa shape index (κ3) is 9.70. The first kappa shape index (κ1) is 34.7. The second kappa shape index (κ2) is 17.6. The number of benzene rings is 2. The molecule has 0 amide bonds. The van der Waals surface area contributed by atoms with Crippen molar-refractivity contribution in [1.29, 1.82) is 0 Å². The molecule has 6 nitrogen and oxygen atoms in total. The number of aryl methyl sites for hydroxylation is 1. The number of hydrogen-bond acceptors (Lipinski definition) is 7. The van der Waals surface area contributed by atoms with Crippen molar-refractivity contribution in [3.05, 3.63) is 68.3 Å². The van der Waals surface area contributed by atoms with Crippen LogP contribution >= 0.6 is 45.9 Å². The van der Waals surface area contributed by atoms with Crippen LogP contribution in [0.25, 0.3) is 20.2 Å². The Hall–Kier alpha value is -1.92. The zero-order chi connectivity index (χ0) is 22.0. The van der Waals surface area contributed by atoms with Gasteiger partial charge in [-0.25, -0.2) is 8.78 Å². The number of halogens is 4. The van der Waals surface area contributed by atoms with Gasteiger partial charge in [0.15, 0.2) is 0 Å². The molecule has 4 aromatic rings. The molecule has 32 heavy (non-hydrogen) atoms. The Morgan fingerprint density at radius 2 is 1.25 bits per heavy atom. The molecule has 0 radical (unpaired) electrons. The predicted molar refractivity (Wildman–Crippen MR) is 114 cm³/mol. The summed E-state index contributed by atoms with van der Waals surface area (Å²) in [7, 11) is 0.